The number of rotatable bonds is 6. The van der Waals surface area contributed by atoms with Crippen molar-refractivity contribution in [3.8, 4) is 11.5 Å². The molecule has 1 aromatic heterocycles. The van der Waals surface area contributed by atoms with Crippen LogP contribution < -0.4 is 14.8 Å². The summed E-state index contributed by atoms with van der Waals surface area (Å²) in [6, 6.07) is 2.35. The molecule has 1 atom stereocenters. The van der Waals surface area contributed by atoms with Crippen LogP contribution in [0.1, 0.15) is 51.1 Å². The normalized spacial score (nSPS) is 18.0. The number of nitrogens with zero attached hydrogens (tertiary/aromatic N) is 1. The summed E-state index contributed by atoms with van der Waals surface area (Å²) in [5.41, 5.74) is 0.914. The van der Waals surface area contributed by atoms with Gasteiger partial charge in [0.2, 0.25) is 0 Å². The van der Waals surface area contributed by atoms with E-state index in [0.717, 1.165) is 29.7 Å². The van der Waals surface area contributed by atoms with E-state index < -0.39 is 0 Å². The molecule has 21 heavy (non-hydrogen) atoms. The van der Waals surface area contributed by atoms with E-state index in [1.54, 1.807) is 20.4 Å². The van der Waals surface area contributed by atoms with Crippen molar-refractivity contribution in [3.05, 3.63) is 18.0 Å². The van der Waals surface area contributed by atoms with Crippen LogP contribution in [0.3, 0.4) is 0 Å². The zero-order valence-electron chi connectivity index (χ0n) is 13.5. The Morgan fingerprint density at radius 1 is 1.19 bits per heavy atom. The third kappa shape index (κ3) is 4.34. The number of aromatic nitrogens is 1. The molecule has 0 saturated heterocycles. The third-order valence-electron chi connectivity index (χ3n) is 4.56. The highest BCUT2D eigenvalue weighted by Crippen LogP contribution is 2.30. The second kappa shape index (κ2) is 8.23. The molecule has 118 valence electrons. The molecule has 1 aliphatic carbocycles. The molecule has 1 saturated carbocycles. The maximum atomic E-state index is 5.44. The molecular formula is C17H28N2O2. The Labute approximate surface area is 128 Å². The summed E-state index contributed by atoms with van der Waals surface area (Å²) in [4.78, 5) is 4.43. The lowest BCUT2D eigenvalue weighted by Crippen LogP contribution is -2.33. The van der Waals surface area contributed by atoms with E-state index in [9.17, 15) is 0 Å². The maximum absolute atomic E-state index is 5.44. The van der Waals surface area contributed by atoms with Crippen molar-refractivity contribution in [1.29, 1.82) is 0 Å². The molecule has 1 aromatic rings. The van der Waals surface area contributed by atoms with Gasteiger partial charge in [0.1, 0.15) is 0 Å². The third-order valence-corrected chi connectivity index (χ3v) is 4.56. The smallest absolute Gasteiger partial charge is 0.183 e. The zero-order chi connectivity index (χ0) is 15.1. The molecule has 1 heterocycles. The molecule has 0 amide bonds. The van der Waals surface area contributed by atoms with E-state index in [1.165, 1.54) is 38.5 Å². The Hall–Kier alpha value is -1.29. The van der Waals surface area contributed by atoms with E-state index in [4.69, 9.17) is 9.47 Å². The second-order valence-electron chi connectivity index (χ2n) is 5.91. The predicted octanol–water partition coefficient (Wildman–Crippen LogP) is 3.55. The van der Waals surface area contributed by atoms with Gasteiger partial charge in [-0.3, -0.25) is 4.98 Å². The average Bonchev–Trinajstić information content (AvgIpc) is 2.81. The Bertz CT molecular complexity index is 429. The number of hydrogen-bond acceptors (Lipinski definition) is 4. The van der Waals surface area contributed by atoms with Crippen molar-refractivity contribution < 1.29 is 9.47 Å². The fourth-order valence-electron chi connectivity index (χ4n) is 3.21. The van der Waals surface area contributed by atoms with Gasteiger partial charge in [-0.25, -0.2) is 0 Å². The minimum Gasteiger partial charge on any atom is -0.493 e. The fourth-order valence-corrected chi connectivity index (χ4v) is 3.21. The lowest BCUT2D eigenvalue weighted by molar-refractivity contribution is 0.325. The Kier molecular flexibility index (Phi) is 6.30. The van der Waals surface area contributed by atoms with Crippen LogP contribution in [0.4, 0.5) is 0 Å². The average molecular weight is 292 g/mol. The van der Waals surface area contributed by atoms with E-state index in [-0.39, 0.29) is 0 Å². The molecule has 1 aliphatic rings. The maximum Gasteiger partial charge on any atom is 0.183 e. The van der Waals surface area contributed by atoms with E-state index in [2.05, 4.69) is 17.2 Å². The van der Waals surface area contributed by atoms with Crippen LogP contribution in [-0.2, 0) is 6.54 Å². The predicted molar refractivity (Wildman–Crippen MR) is 84.8 cm³/mol. The van der Waals surface area contributed by atoms with Gasteiger partial charge in [0.05, 0.1) is 19.9 Å². The van der Waals surface area contributed by atoms with Crippen LogP contribution in [0.5, 0.6) is 11.5 Å². The molecule has 2 rings (SSSR count). The Morgan fingerprint density at radius 3 is 2.52 bits per heavy atom. The first-order valence-electron chi connectivity index (χ1n) is 8.05. The molecule has 0 aliphatic heterocycles. The first kappa shape index (κ1) is 16.1. The number of pyridine rings is 1. The van der Waals surface area contributed by atoms with Gasteiger partial charge >= 0.3 is 0 Å². The highest BCUT2D eigenvalue weighted by atomic mass is 16.5. The van der Waals surface area contributed by atoms with Gasteiger partial charge < -0.3 is 14.8 Å². The van der Waals surface area contributed by atoms with Crippen molar-refractivity contribution >= 4 is 0 Å². The molecule has 0 spiro atoms. The summed E-state index contributed by atoms with van der Waals surface area (Å²) in [5, 5.41) is 3.62. The highest BCUT2D eigenvalue weighted by Gasteiger charge is 2.19. The first-order chi connectivity index (χ1) is 10.3. The molecule has 0 aromatic carbocycles. The van der Waals surface area contributed by atoms with Crippen LogP contribution in [-0.4, -0.2) is 25.2 Å². The molecule has 0 bridgehead atoms. The minimum absolute atomic E-state index is 0.515. The monoisotopic (exact) mass is 292 g/mol. The lowest BCUT2D eigenvalue weighted by atomic mass is 9.93. The Morgan fingerprint density at radius 2 is 1.90 bits per heavy atom. The van der Waals surface area contributed by atoms with E-state index >= 15 is 0 Å². The number of nitrogens with one attached hydrogen (secondary N) is 1. The summed E-state index contributed by atoms with van der Waals surface area (Å²) in [6.07, 6.45) is 10.0. The standard InChI is InChI=1S/C17H28N2O2/c1-13(14-8-6-4-5-7-9-14)19-12-15-17(21-3)16(20-2)10-11-18-15/h10-11,13-14,19H,4-9,12H2,1-3H3/t13-/m0/s1. The molecular weight excluding hydrogens is 264 g/mol. The van der Waals surface area contributed by atoms with Crippen LogP contribution in [0.25, 0.3) is 0 Å². The van der Waals surface area contributed by atoms with Crippen LogP contribution in [0.2, 0.25) is 0 Å². The summed E-state index contributed by atoms with van der Waals surface area (Å²) in [5.74, 6) is 2.26. The van der Waals surface area contributed by atoms with E-state index in [0.29, 0.717) is 6.04 Å². The topological polar surface area (TPSA) is 43.4 Å². The summed E-state index contributed by atoms with van der Waals surface area (Å²) in [6.45, 7) is 3.01. The lowest BCUT2D eigenvalue weighted by Gasteiger charge is -2.24. The minimum atomic E-state index is 0.515. The molecule has 4 nitrogen and oxygen atoms in total. The Balaban J connectivity index is 1.95. The molecule has 1 fully saturated rings. The van der Waals surface area contributed by atoms with E-state index in [1.807, 2.05) is 6.07 Å². The van der Waals surface area contributed by atoms with Crippen molar-refractivity contribution in [3.63, 3.8) is 0 Å². The SMILES string of the molecule is COc1ccnc(CN[C@@H](C)C2CCCCCC2)c1OC. The van der Waals surface area contributed by atoms with Crippen molar-refractivity contribution in [2.45, 2.75) is 58.0 Å². The van der Waals surface area contributed by atoms with Gasteiger partial charge in [0.15, 0.2) is 11.5 Å². The summed E-state index contributed by atoms with van der Waals surface area (Å²) >= 11 is 0. The molecule has 0 unspecified atom stereocenters. The number of hydrogen-bond donors (Lipinski definition) is 1. The van der Waals surface area contributed by atoms with Crippen molar-refractivity contribution in [2.75, 3.05) is 14.2 Å². The van der Waals surface area contributed by atoms with Gasteiger partial charge in [0.25, 0.3) is 0 Å². The summed E-state index contributed by atoms with van der Waals surface area (Å²) < 4.78 is 10.8. The van der Waals surface area contributed by atoms with Gasteiger partial charge in [-0.1, -0.05) is 25.7 Å². The highest BCUT2D eigenvalue weighted by molar-refractivity contribution is 5.42. The first-order valence-corrected chi connectivity index (χ1v) is 8.05. The fraction of sp³-hybridized carbons (Fsp3) is 0.706. The molecule has 4 heteroatoms. The number of ether oxygens (including phenoxy) is 2. The van der Waals surface area contributed by atoms with Gasteiger partial charge in [-0.15, -0.1) is 0 Å². The number of methoxy groups -OCH3 is 2. The van der Waals surface area contributed by atoms with Crippen molar-refractivity contribution in [1.82, 2.24) is 10.3 Å². The van der Waals surface area contributed by atoms with Gasteiger partial charge in [-0.2, -0.15) is 0 Å². The zero-order valence-corrected chi connectivity index (χ0v) is 13.5. The summed E-state index contributed by atoms with van der Waals surface area (Å²) in [7, 11) is 3.32. The molecule has 0 radical (unpaired) electrons. The van der Waals surface area contributed by atoms with Crippen molar-refractivity contribution in [2.24, 2.45) is 5.92 Å². The van der Waals surface area contributed by atoms with Gasteiger partial charge in [-0.05, 0) is 25.7 Å². The van der Waals surface area contributed by atoms with Crippen LogP contribution in [0.15, 0.2) is 12.3 Å². The van der Waals surface area contributed by atoms with Crippen LogP contribution >= 0.6 is 0 Å². The largest absolute Gasteiger partial charge is 0.493 e. The van der Waals surface area contributed by atoms with Crippen LogP contribution in [0, 0.1) is 5.92 Å². The molecule has 1 N–H and O–H groups in total. The quantitative estimate of drug-likeness (QED) is 0.814. The van der Waals surface area contributed by atoms with Gasteiger partial charge in [0, 0.05) is 24.8 Å². The second-order valence-corrected chi connectivity index (χ2v) is 5.91.